The Morgan fingerprint density at radius 1 is 1.04 bits per heavy atom. The fraction of sp³-hybridized carbons (Fsp3) is 0.250. The van der Waals surface area contributed by atoms with E-state index in [1.54, 1.807) is 11.6 Å². The number of anilines is 1. The molecule has 1 atom stereocenters. The van der Waals surface area contributed by atoms with Gasteiger partial charge in [0.2, 0.25) is 5.91 Å². The molecule has 0 fully saturated rings. The summed E-state index contributed by atoms with van der Waals surface area (Å²) < 4.78 is 1.64. The van der Waals surface area contributed by atoms with Crippen LogP contribution in [0.4, 0.5) is 5.69 Å². The molecule has 0 bridgehead atoms. The molecule has 1 aliphatic rings. The Kier molecular flexibility index (Phi) is 4.63. The molecule has 1 aromatic heterocycles. The molecular formula is C24H24N2O2. The average molecular weight is 372 g/mol. The molecule has 0 radical (unpaired) electrons. The number of carbonyl (C=O) groups is 1. The summed E-state index contributed by atoms with van der Waals surface area (Å²) in [6.45, 7) is 4.06. The summed E-state index contributed by atoms with van der Waals surface area (Å²) in [6.07, 6.45) is 3.13. The summed E-state index contributed by atoms with van der Waals surface area (Å²) in [5, 5.41) is 3.02. The minimum absolute atomic E-state index is 0.0200. The molecule has 0 aliphatic carbocycles. The third kappa shape index (κ3) is 3.15. The highest BCUT2D eigenvalue weighted by Crippen LogP contribution is 2.40. The van der Waals surface area contributed by atoms with Crippen molar-refractivity contribution in [2.24, 2.45) is 7.05 Å². The lowest BCUT2D eigenvalue weighted by Crippen LogP contribution is -2.22. The van der Waals surface area contributed by atoms with Crippen molar-refractivity contribution in [3.63, 3.8) is 0 Å². The van der Waals surface area contributed by atoms with E-state index in [9.17, 15) is 9.59 Å². The maximum absolute atomic E-state index is 12.2. The van der Waals surface area contributed by atoms with Crippen LogP contribution in [0.25, 0.3) is 11.1 Å². The summed E-state index contributed by atoms with van der Waals surface area (Å²) in [5.41, 5.74) is 7.44. The molecule has 2 heterocycles. The van der Waals surface area contributed by atoms with Gasteiger partial charge in [0.25, 0.3) is 5.56 Å². The Labute approximate surface area is 164 Å². The molecule has 1 amide bonds. The summed E-state index contributed by atoms with van der Waals surface area (Å²) in [7, 11) is 1.79. The molecule has 1 unspecified atom stereocenters. The van der Waals surface area contributed by atoms with Gasteiger partial charge in [0.05, 0.1) is 0 Å². The van der Waals surface area contributed by atoms with E-state index in [4.69, 9.17) is 0 Å². The zero-order valence-electron chi connectivity index (χ0n) is 16.5. The lowest BCUT2D eigenvalue weighted by Gasteiger charge is -2.27. The highest BCUT2D eigenvalue weighted by atomic mass is 16.1. The molecule has 0 saturated carbocycles. The van der Waals surface area contributed by atoms with Crippen LogP contribution in [0.5, 0.6) is 0 Å². The van der Waals surface area contributed by atoms with Crippen molar-refractivity contribution in [1.29, 1.82) is 0 Å². The quantitative estimate of drug-likeness (QED) is 0.741. The minimum atomic E-state index is 0.0200. The predicted octanol–water partition coefficient (Wildman–Crippen LogP) is 4.40. The largest absolute Gasteiger partial charge is 0.326 e. The molecule has 4 rings (SSSR count). The van der Waals surface area contributed by atoms with Crippen LogP contribution in [-0.4, -0.2) is 10.5 Å². The summed E-state index contributed by atoms with van der Waals surface area (Å²) in [6, 6.07) is 16.4. The average Bonchev–Trinajstić information content (AvgIpc) is 2.70. The zero-order valence-corrected chi connectivity index (χ0v) is 16.5. The lowest BCUT2D eigenvalue weighted by atomic mass is 9.81. The first-order valence-electron chi connectivity index (χ1n) is 9.64. The second-order valence-corrected chi connectivity index (χ2v) is 7.56. The van der Waals surface area contributed by atoms with Gasteiger partial charge in [-0.2, -0.15) is 0 Å². The molecule has 4 nitrogen and oxygen atoms in total. The Balaban J connectivity index is 1.97. The Bertz CT molecular complexity index is 1090. The van der Waals surface area contributed by atoms with Crippen LogP contribution in [0.1, 0.15) is 41.5 Å². The Morgan fingerprint density at radius 2 is 1.79 bits per heavy atom. The third-order valence-corrected chi connectivity index (χ3v) is 5.64. The monoisotopic (exact) mass is 372 g/mol. The van der Waals surface area contributed by atoms with E-state index in [0.29, 0.717) is 6.42 Å². The number of aromatic nitrogens is 1. The highest BCUT2D eigenvalue weighted by molar-refractivity contribution is 5.95. The van der Waals surface area contributed by atoms with E-state index in [0.717, 1.165) is 28.8 Å². The van der Waals surface area contributed by atoms with Gasteiger partial charge in [-0.05, 0) is 53.3 Å². The first-order valence-corrected chi connectivity index (χ1v) is 9.64. The molecular weight excluding hydrogens is 348 g/mol. The SMILES string of the molecule is Cc1cc(-c2ccc3c(c2C(C)c2ccccc2)CCC(=O)N3)cn(C)c1=O. The number of hydrogen-bond donors (Lipinski definition) is 1. The van der Waals surface area contributed by atoms with Crippen molar-refractivity contribution in [2.45, 2.75) is 32.6 Å². The van der Waals surface area contributed by atoms with Crippen LogP contribution in [0.3, 0.4) is 0 Å². The number of aryl methyl sites for hydroxylation is 2. The van der Waals surface area contributed by atoms with Gasteiger partial charge in [0.15, 0.2) is 0 Å². The van der Waals surface area contributed by atoms with E-state index < -0.39 is 0 Å². The Morgan fingerprint density at radius 3 is 2.50 bits per heavy atom. The number of nitrogens with one attached hydrogen (secondary N) is 1. The van der Waals surface area contributed by atoms with Gasteiger partial charge in [-0.25, -0.2) is 0 Å². The number of amides is 1. The van der Waals surface area contributed by atoms with Crippen molar-refractivity contribution in [3.8, 4) is 11.1 Å². The van der Waals surface area contributed by atoms with Crippen LogP contribution >= 0.6 is 0 Å². The van der Waals surface area contributed by atoms with Crippen LogP contribution in [-0.2, 0) is 18.3 Å². The molecule has 0 spiro atoms. The van der Waals surface area contributed by atoms with Gasteiger partial charge in [0.1, 0.15) is 0 Å². The molecule has 0 saturated heterocycles. The first-order chi connectivity index (χ1) is 13.5. The number of benzene rings is 2. The molecule has 1 aliphatic heterocycles. The van der Waals surface area contributed by atoms with Gasteiger partial charge in [0, 0.05) is 36.8 Å². The van der Waals surface area contributed by atoms with Crippen LogP contribution in [0.15, 0.2) is 59.5 Å². The number of rotatable bonds is 3. The summed E-state index contributed by atoms with van der Waals surface area (Å²) in [4.78, 5) is 24.1. The molecule has 1 N–H and O–H groups in total. The number of fused-ring (bicyclic) bond motifs is 1. The Hall–Kier alpha value is -3.14. The third-order valence-electron chi connectivity index (χ3n) is 5.64. The van der Waals surface area contributed by atoms with Gasteiger partial charge in [-0.1, -0.05) is 43.3 Å². The highest BCUT2D eigenvalue weighted by Gasteiger charge is 2.25. The van der Waals surface area contributed by atoms with Gasteiger partial charge in [-0.3, -0.25) is 9.59 Å². The van der Waals surface area contributed by atoms with E-state index in [2.05, 4.69) is 42.6 Å². The van der Waals surface area contributed by atoms with Crippen LogP contribution in [0, 0.1) is 6.92 Å². The molecule has 142 valence electrons. The number of pyridine rings is 1. The molecule has 3 aromatic rings. The van der Waals surface area contributed by atoms with Crippen LogP contribution in [0.2, 0.25) is 0 Å². The van der Waals surface area contributed by atoms with Crippen molar-refractivity contribution < 1.29 is 4.79 Å². The van der Waals surface area contributed by atoms with E-state index in [1.165, 1.54) is 16.7 Å². The predicted molar refractivity (Wildman–Crippen MR) is 113 cm³/mol. The first kappa shape index (κ1) is 18.2. The van der Waals surface area contributed by atoms with Crippen molar-refractivity contribution in [1.82, 2.24) is 4.57 Å². The van der Waals surface area contributed by atoms with Crippen molar-refractivity contribution in [3.05, 3.63) is 87.3 Å². The van der Waals surface area contributed by atoms with Gasteiger partial charge >= 0.3 is 0 Å². The standard InChI is InChI=1S/C24H24N2O2/c1-15-13-18(14-26(3)24(15)28)19-9-11-21-20(10-12-22(27)25-21)23(19)16(2)17-7-5-4-6-8-17/h4-9,11,13-14,16H,10,12H2,1-3H3,(H,25,27). The van der Waals surface area contributed by atoms with Gasteiger partial charge in [-0.15, -0.1) is 0 Å². The summed E-state index contributed by atoms with van der Waals surface area (Å²) >= 11 is 0. The smallest absolute Gasteiger partial charge is 0.253 e. The fourth-order valence-corrected chi connectivity index (χ4v) is 4.18. The van der Waals surface area contributed by atoms with Crippen LogP contribution < -0.4 is 10.9 Å². The molecule has 4 heteroatoms. The summed E-state index contributed by atoms with van der Waals surface area (Å²) in [5.74, 6) is 0.232. The fourth-order valence-electron chi connectivity index (χ4n) is 4.18. The number of hydrogen-bond acceptors (Lipinski definition) is 2. The molecule has 28 heavy (non-hydrogen) atoms. The van der Waals surface area contributed by atoms with Gasteiger partial charge < -0.3 is 9.88 Å². The van der Waals surface area contributed by atoms with E-state index >= 15 is 0 Å². The number of nitrogens with zero attached hydrogens (tertiary/aromatic N) is 1. The molecule has 2 aromatic carbocycles. The van der Waals surface area contributed by atoms with Crippen molar-refractivity contribution >= 4 is 11.6 Å². The second kappa shape index (κ2) is 7.12. The second-order valence-electron chi connectivity index (χ2n) is 7.56. The topological polar surface area (TPSA) is 51.1 Å². The minimum Gasteiger partial charge on any atom is -0.326 e. The number of carbonyl (C=O) groups excluding carboxylic acids is 1. The lowest BCUT2D eigenvalue weighted by molar-refractivity contribution is -0.116. The van der Waals surface area contributed by atoms with E-state index in [1.807, 2.05) is 31.3 Å². The maximum Gasteiger partial charge on any atom is 0.253 e. The zero-order chi connectivity index (χ0) is 19.8. The maximum atomic E-state index is 12.2. The normalized spacial score (nSPS) is 14.3. The van der Waals surface area contributed by atoms with E-state index in [-0.39, 0.29) is 17.4 Å². The van der Waals surface area contributed by atoms with Crippen molar-refractivity contribution in [2.75, 3.05) is 5.32 Å².